The van der Waals surface area contributed by atoms with E-state index in [4.69, 9.17) is 0 Å². The molecule has 0 atom stereocenters. The van der Waals surface area contributed by atoms with E-state index < -0.39 is 5.82 Å². The zero-order chi connectivity index (χ0) is 16.2. The number of amides is 1. The average molecular weight is 328 g/mol. The second-order valence-corrected chi connectivity index (χ2v) is 5.81. The molecule has 0 unspecified atom stereocenters. The molecule has 0 bridgehead atoms. The molecule has 0 saturated carbocycles. The van der Waals surface area contributed by atoms with Gasteiger partial charge in [0.15, 0.2) is 0 Å². The summed E-state index contributed by atoms with van der Waals surface area (Å²) in [4.78, 5) is 20.0. The number of anilines is 1. The summed E-state index contributed by atoms with van der Waals surface area (Å²) in [7, 11) is 0. The Kier molecular flexibility index (Phi) is 4.29. The van der Waals surface area contributed by atoms with Crippen molar-refractivity contribution in [2.45, 2.75) is 6.92 Å². The highest BCUT2D eigenvalue weighted by atomic mass is 32.1. The van der Waals surface area contributed by atoms with Gasteiger partial charge in [0.25, 0.3) is 0 Å². The quantitative estimate of drug-likeness (QED) is 0.747. The second-order valence-electron chi connectivity index (χ2n) is 4.75. The highest BCUT2D eigenvalue weighted by molar-refractivity contribution is 7.09. The number of imidazole rings is 1. The molecule has 2 aromatic heterocycles. The molecule has 7 heteroatoms. The average Bonchev–Trinajstić information content (AvgIpc) is 3.17. The van der Waals surface area contributed by atoms with Crippen LogP contribution in [0.15, 0.2) is 48.4 Å². The lowest BCUT2D eigenvalue weighted by Gasteiger charge is -2.07. The fourth-order valence-corrected chi connectivity index (χ4v) is 2.58. The van der Waals surface area contributed by atoms with Gasteiger partial charge in [-0.25, -0.2) is 14.4 Å². The third-order valence-electron chi connectivity index (χ3n) is 3.04. The molecule has 23 heavy (non-hydrogen) atoms. The van der Waals surface area contributed by atoms with Crippen LogP contribution in [0.3, 0.4) is 0 Å². The maximum absolute atomic E-state index is 14.1. The van der Waals surface area contributed by atoms with Gasteiger partial charge in [0, 0.05) is 29.5 Å². The number of thiazole rings is 1. The lowest BCUT2D eigenvalue weighted by atomic mass is 10.2. The van der Waals surface area contributed by atoms with E-state index in [0.717, 1.165) is 10.7 Å². The van der Waals surface area contributed by atoms with Crippen molar-refractivity contribution in [1.82, 2.24) is 14.5 Å². The number of hydrogen-bond acceptors (Lipinski definition) is 4. The molecular formula is C16H13FN4OS. The molecule has 0 fully saturated rings. The Morgan fingerprint density at radius 2 is 2.30 bits per heavy atom. The Morgan fingerprint density at radius 3 is 2.96 bits per heavy atom. The van der Waals surface area contributed by atoms with Gasteiger partial charge in [-0.3, -0.25) is 4.79 Å². The molecule has 1 N–H and O–H groups in total. The molecule has 0 radical (unpaired) electrons. The van der Waals surface area contributed by atoms with Crippen molar-refractivity contribution in [3.05, 3.63) is 64.9 Å². The highest BCUT2D eigenvalue weighted by Crippen LogP contribution is 2.18. The van der Waals surface area contributed by atoms with Gasteiger partial charge in [-0.05, 0) is 31.2 Å². The van der Waals surface area contributed by atoms with Gasteiger partial charge >= 0.3 is 0 Å². The van der Waals surface area contributed by atoms with Gasteiger partial charge in [-0.2, -0.15) is 0 Å². The Bertz CT molecular complexity index is 855. The monoisotopic (exact) mass is 328 g/mol. The summed E-state index contributed by atoms with van der Waals surface area (Å²) in [5, 5.41) is 5.41. The Labute approximate surface area is 136 Å². The summed E-state index contributed by atoms with van der Waals surface area (Å²) in [6, 6.07) is 4.49. The zero-order valence-electron chi connectivity index (χ0n) is 12.2. The first kappa shape index (κ1) is 15.1. The van der Waals surface area contributed by atoms with E-state index in [2.05, 4.69) is 15.3 Å². The summed E-state index contributed by atoms with van der Waals surface area (Å²) < 4.78 is 15.7. The van der Waals surface area contributed by atoms with E-state index in [1.807, 2.05) is 12.3 Å². The molecule has 1 amide bonds. The summed E-state index contributed by atoms with van der Waals surface area (Å²) in [6.07, 6.45) is 7.72. The van der Waals surface area contributed by atoms with E-state index in [0.29, 0.717) is 11.4 Å². The number of nitrogens with one attached hydrogen (secondary N) is 1. The zero-order valence-corrected chi connectivity index (χ0v) is 13.0. The minimum absolute atomic E-state index is 0.342. The van der Waals surface area contributed by atoms with E-state index >= 15 is 0 Å². The van der Waals surface area contributed by atoms with Crippen molar-refractivity contribution in [2.75, 3.05) is 5.32 Å². The minimum Gasteiger partial charge on any atom is -0.322 e. The maximum Gasteiger partial charge on any atom is 0.248 e. The lowest BCUT2D eigenvalue weighted by Crippen LogP contribution is -2.08. The number of hydrogen-bond donors (Lipinski definition) is 1. The normalized spacial score (nSPS) is 11.0. The second kappa shape index (κ2) is 6.53. The first-order valence-corrected chi connectivity index (χ1v) is 7.69. The van der Waals surface area contributed by atoms with Crippen LogP contribution in [0.4, 0.5) is 10.1 Å². The summed E-state index contributed by atoms with van der Waals surface area (Å²) >= 11 is 1.51. The van der Waals surface area contributed by atoms with Crippen LogP contribution in [-0.2, 0) is 4.79 Å². The van der Waals surface area contributed by atoms with Gasteiger partial charge in [0.2, 0.25) is 5.91 Å². The Morgan fingerprint density at radius 1 is 1.43 bits per heavy atom. The van der Waals surface area contributed by atoms with Gasteiger partial charge in [-0.1, -0.05) is 0 Å². The molecule has 0 spiro atoms. The summed E-state index contributed by atoms with van der Waals surface area (Å²) in [5.41, 5.74) is 1.48. The molecule has 1 aromatic carbocycles. The van der Waals surface area contributed by atoms with E-state index in [9.17, 15) is 9.18 Å². The number of benzene rings is 1. The number of carbonyl (C=O) groups is 1. The fraction of sp³-hybridized carbons (Fsp3) is 0.0625. The van der Waals surface area contributed by atoms with Crippen LogP contribution in [0.2, 0.25) is 0 Å². The molecule has 0 aliphatic rings. The Balaban J connectivity index is 1.69. The van der Waals surface area contributed by atoms with Crippen molar-refractivity contribution in [3.8, 4) is 5.69 Å². The predicted molar refractivity (Wildman–Crippen MR) is 88.0 cm³/mol. The van der Waals surface area contributed by atoms with Crippen LogP contribution in [0.1, 0.15) is 10.7 Å². The molecular weight excluding hydrogens is 315 g/mol. The molecule has 3 aromatic rings. The molecule has 0 aliphatic carbocycles. The van der Waals surface area contributed by atoms with Crippen LogP contribution in [0.25, 0.3) is 11.8 Å². The molecule has 0 saturated heterocycles. The van der Waals surface area contributed by atoms with Gasteiger partial charge in [0.1, 0.15) is 5.82 Å². The highest BCUT2D eigenvalue weighted by Gasteiger charge is 2.06. The van der Waals surface area contributed by atoms with Crippen molar-refractivity contribution < 1.29 is 9.18 Å². The van der Waals surface area contributed by atoms with E-state index in [1.165, 1.54) is 29.8 Å². The van der Waals surface area contributed by atoms with Crippen LogP contribution in [0, 0.1) is 12.7 Å². The van der Waals surface area contributed by atoms with E-state index in [-0.39, 0.29) is 5.91 Å². The topological polar surface area (TPSA) is 59.8 Å². The molecule has 2 heterocycles. The fourth-order valence-electron chi connectivity index (χ4n) is 2.00. The third kappa shape index (κ3) is 3.70. The lowest BCUT2D eigenvalue weighted by molar-refractivity contribution is -0.111. The number of carbonyl (C=O) groups excluding carboxylic acids is 1. The first-order chi connectivity index (χ1) is 11.1. The Hall–Kier alpha value is -2.80. The van der Waals surface area contributed by atoms with Crippen molar-refractivity contribution >= 4 is 29.0 Å². The third-order valence-corrected chi connectivity index (χ3v) is 3.83. The largest absolute Gasteiger partial charge is 0.322 e. The SMILES string of the molecule is Cc1nc(/C=C/C(=O)Nc2ccc(-n3ccnc3)c(F)c2)cs1. The van der Waals surface area contributed by atoms with Gasteiger partial charge < -0.3 is 9.88 Å². The van der Waals surface area contributed by atoms with E-state index in [1.54, 1.807) is 35.2 Å². The number of halogens is 1. The van der Waals surface area contributed by atoms with Crippen molar-refractivity contribution in [2.24, 2.45) is 0 Å². The minimum atomic E-state index is -0.445. The van der Waals surface area contributed by atoms with Crippen LogP contribution in [0.5, 0.6) is 0 Å². The first-order valence-electron chi connectivity index (χ1n) is 6.81. The smallest absolute Gasteiger partial charge is 0.248 e. The predicted octanol–water partition coefficient (Wildman–Crippen LogP) is 3.43. The number of rotatable bonds is 4. The van der Waals surface area contributed by atoms with Gasteiger partial charge in [0.05, 0.1) is 22.7 Å². The van der Waals surface area contributed by atoms with Crippen LogP contribution >= 0.6 is 11.3 Å². The number of aromatic nitrogens is 3. The van der Waals surface area contributed by atoms with Crippen LogP contribution in [-0.4, -0.2) is 20.4 Å². The number of nitrogens with zero attached hydrogens (tertiary/aromatic N) is 3. The summed E-state index contributed by atoms with van der Waals surface area (Å²) in [6.45, 7) is 1.90. The van der Waals surface area contributed by atoms with Crippen LogP contribution < -0.4 is 5.32 Å². The standard InChI is InChI=1S/C16H13FN4OS/c1-11-19-13(9-23-11)3-5-16(22)20-12-2-4-15(14(17)8-12)21-7-6-18-10-21/h2-10H,1H3,(H,20,22)/b5-3+. The molecule has 5 nitrogen and oxygen atoms in total. The maximum atomic E-state index is 14.1. The van der Waals surface area contributed by atoms with Crippen molar-refractivity contribution in [3.63, 3.8) is 0 Å². The summed E-state index contributed by atoms with van der Waals surface area (Å²) in [5.74, 6) is -0.787. The molecule has 116 valence electrons. The van der Waals surface area contributed by atoms with Gasteiger partial charge in [-0.15, -0.1) is 11.3 Å². The molecule has 0 aliphatic heterocycles. The number of aryl methyl sites for hydroxylation is 1. The molecule has 3 rings (SSSR count). The van der Waals surface area contributed by atoms with Crippen molar-refractivity contribution in [1.29, 1.82) is 0 Å².